The molecule has 0 saturated carbocycles. The molecule has 1 rings (SSSR count). The van der Waals surface area contributed by atoms with Crippen LogP contribution < -0.4 is 10.1 Å². The lowest BCUT2D eigenvalue weighted by atomic mass is 9.83. The molecule has 21 heavy (non-hydrogen) atoms. The summed E-state index contributed by atoms with van der Waals surface area (Å²) in [7, 11) is 1.68. The Morgan fingerprint density at radius 3 is 2.52 bits per heavy atom. The second-order valence-corrected chi connectivity index (χ2v) is 6.26. The Labute approximate surface area is 129 Å². The van der Waals surface area contributed by atoms with Gasteiger partial charge in [0.05, 0.1) is 19.3 Å². The van der Waals surface area contributed by atoms with Gasteiger partial charge in [0.15, 0.2) is 0 Å². The average Bonchev–Trinajstić information content (AvgIpc) is 2.45. The van der Waals surface area contributed by atoms with Gasteiger partial charge in [-0.3, -0.25) is 4.98 Å². The molecule has 4 heteroatoms. The van der Waals surface area contributed by atoms with Crippen molar-refractivity contribution in [3.05, 3.63) is 24.0 Å². The molecule has 0 aliphatic carbocycles. The van der Waals surface area contributed by atoms with Gasteiger partial charge in [0.2, 0.25) is 0 Å². The van der Waals surface area contributed by atoms with Gasteiger partial charge in [0.25, 0.3) is 0 Å². The average molecular weight is 294 g/mol. The lowest BCUT2D eigenvalue weighted by Gasteiger charge is -2.37. The van der Waals surface area contributed by atoms with Gasteiger partial charge in [-0.15, -0.1) is 0 Å². The van der Waals surface area contributed by atoms with E-state index in [0.717, 1.165) is 24.4 Å². The first-order valence-electron chi connectivity index (χ1n) is 7.79. The fraction of sp³-hybridized carbons (Fsp3) is 0.706. The predicted molar refractivity (Wildman–Crippen MR) is 86.7 cm³/mol. The van der Waals surface area contributed by atoms with Crippen molar-refractivity contribution >= 4 is 0 Å². The molecule has 0 aromatic carbocycles. The molecule has 0 bridgehead atoms. The highest BCUT2D eigenvalue weighted by molar-refractivity contribution is 5.30. The van der Waals surface area contributed by atoms with Crippen LogP contribution in [-0.4, -0.2) is 31.3 Å². The Kier molecular flexibility index (Phi) is 7.12. The van der Waals surface area contributed by atoms with E-state index in [4.69, 9.17) is 9.47 Å². The van der Waals surface area contributed by atoms with Crippen molar-refractivity contribution in [2.75, 3.05) is 20.3 Å². The molecule has 1 aromatic rings. The minimum atomic E-state index is 0.00392. The summed E-state index contributed by atoms with van der Waals surface area (Å²) >= 11 is 0. The largest absolute Gasteiger partial charge is 0.495 e. The molecule has 1 heterocycles. The first-order chi connectivity index (χ1) is 9.95. The Balaban J connectivity index is 3.19. The summed E-state index contributed by atoms with van der Waals surface area (Å²) in [4.78, 5) is 4.55. The predicted octanol–water partition coefficient (Wildman–Crippen LogP) is 3.58. The molecule has 2 unspecified atom stereocenters. The van der Waals surface area contributed by atoms with Gasteiger partial charge in [0, 0.05) is 12.8 Å². The standard InChI is InChI=1S/C17H30N2O2/c1-7-11-18-15(16(21-8-2)17(3,4)5)14-13(20-6)10-9-12-19-14/h9-10,12,15-16,18H,7-8,11H2,1-6H3. The normalized spacial score (nSPS) is 14.8. The van der Waals surface area contributed by atoms with Gasteiger partial charge >= 0.3 is 0 Å². The summed E-state index contributed by atoms with van der Waals surface area (Å²) in [6.45, 7) is 12.4. The van der Waals surface area contributed by atoms with Crippen LogP contribution in [0.1, 0.15) is 52.8 Å². The second-order valence-electron chi connectivity index (χ2n) is 6.26. The van der Waals surface area contributed by atoms with E-state index in [1.807, 2.05) is 25.3 Å². The number of pyridine rings is 1. The number of methoxy groups -OCH3 is 1. The van der Waals surface area contributed by atoms with Crippen molar-refractivity contribution in [3.8, 4) is 5.75 Å². The maximum atomic E-state index is 6.06. The van der Waals surface area contributed by atoms with Crippen LogP contribution in [0.15, 0.2) is 18.3 Å². The van der Waals surface area contributed by atoms with E-state index >= 15 is 0 Å². The number of hydrogen-bond acceptors (Lipinski definition) is 4. The van der Waals surface area contributed by atoms with E-state index < -0.39 is 0 Å². The first kappa shape index (κ1) is 17.9. The highest BCUT2D eigenvalue weighted by atomic mass is 16.5. The summed E-state index contributed by atoms with van der Waals surface area (Å²) in [5.41, 5.74) is 0.922. The number of aromatic nitrogens is 1. The molecule has 0 spiro atoms. The van der Waals surface area contributed by atoms with Crippen LogP contribution in [0, 0.1) is 5.41 Å². The van der Waals surface area contributed by atoms with Crippen LogP contribution in [0.25, 0.3) is 0 Å². The third kappa shape index (κ3) is 4.97. The molecule has 120 valence electrons. The van der Waals surface area contributed by atoms with E-state index in [2.05, 4.69) is 38.0 Å². The van der Waals surface area contributed by atoms with Crippen LogP contribution in [0.3, 0.4) is 0 Å². The van der Waals surface area contributed by atoms with Crippen molar-refractivity contribution in [2.24, 2.45) is 5.41 Å². The molecule has 4 nitrogen and oxygen atoms in total. The van der Waals surface area contributed by atoms with E-state index in [-0.39, 0.29) is 17.6 Å². The van der Waals surface area contributed by atoms with Gasteiger partial charge in [-0.2, -0.15) is 0 Å². The monoisotopic (exact) mass is 294 g/mol. The Bertz CT molecular complexity index is 415. The zero-order valence-corrected chi connectivity index (χ0v) is 14.3. The highest BCUT2D eigenvalue weighted by Gasteiger charge is 2.35. The van der Waals surface area contributed by atoms with Crippen molar-refractivity contribution < 1.29 is 9.47 Å². The Hall–Kier alpha value is -1.13. The van der Waals surface area contributed by atoms with Gasteiger partial charge in [-0.05, 0) is 37.4 Å². The topological polar surface area (TPSA) is 43.4 Å². The minimum absolute atomic E-state index is 0.00392. The Morgan fingerprint density at radius 2 is 2.00 bits per heavy atom. The Morgan fingerprint density at radius 1 is 1.29 bits per heavy atom. The fourth-order valence-corrected chi connectivity index (χ4v) is 2.48. The number of hydrogen-bond donors (Lipinski definition) is 1. The summed E-state index contributed by atoms with van der Waals surface area (Å²) in [5, 5.41) is 3.58. The number of nitrogens with zero attached hydrogens (tertiary/aromatic N) is 1. The molecule has 0 saturated heterocycles. The fourth-order valence-electron chi connectivity index (χ4n) is 2.48. The molecule has 0 radical (unpaired) electrons. The van der Waals surface area contributed by atoms with E-state index in [9.17, 15) is 0 Å². The van der Waals surface area contributed by atoms with E-state index in [1.165, 1.54) is 0 Å². The number of ether oxygens (including phenoxy) is 2. The molecule has 0 aliphatic heterocycles. The summed E-state index contributed by atoms with van der Waals surface area (Å²) in [6.07, 6.45) is 2.90. The van der Waals surface area contributed by atoms with Crippen LogP contribution in [0.4, 0.5) is 0 Å². The zero-order valence-electron chi connectivity index (χ0n) is 14.3. The number of nitrogens with one attached hydrogen (secondary N) is 1. The SMILES string of the molecule is CCCNC(c1ncccc1OC)C(OCC)C(C)(C)C. The minimum Gasteiger partial charge on any atom is -0.495 e. The van der Waals surface area contributed by atoms with Crippen LogP contribution in [0.2, 0.25) is 0 Å². The second kappa shape index (κ2) is 8.35. The van der Waals surface area contributed by atoms with Gasteiger partial charge in [0.1, 0.15) is 11.4 Å². The maximum Gasteiger partial charge on any atom is 0.142 e. The third-order valence-electron chi connectivity index (χ3n) is 3.43. The van der Waals surface area contributed by atoms with Crippen molar-refractivity contribution in [1.82, 2.24) is 10.3 Å². The van der Waals surface area contributed by atoms with Gasteiger partial charge in [-0.1, -0.05) is 27.7 Å². The van der Waals surface area contributed by atoms with Gasteiger partial charge < -0.3 is 14.8 Å². The first-order valence-corrected chi connectivity index (χ1v) is 7.79. The molecular formula is C17H30N2O2. The molecule has 1 aromatic heterocycles. The molecule has 1 N–H and O–H groups in total. The quantitative estimate of drug-likeness (QED) is 0.796. The smallest absolute Gasteiger partial charge is 0.142 e. The number of rotatable bonds is 8. The molecule has 0 fully saturated rings. The molecular weight excluding hydrogens is 264 g/mol. The lowest BCUT2D eigenvalue weighted by molar-refractivity contribution is -0.0378. The molecule has 0 aliphatic rings. The lowest BCUT2D eigenvalue weighted by Crippen LogP contribution is -2.43. The van der Waals surface area contributed by atoms with Crippen LogP contribution >= 0.6 is 0 Å². The van der Waals surface area contributed by atoms with Crippen molar-refractivity contribution in [3.63, 3.8) is 0 Å². The maximum absolute atomic E-state index is 6.06. The van der Waals surface area contributed by atoms with Crippen molar-refractivity contribution in [1.29, 1.82) is 0 Å². The van der Waals surface area contributed by atoms with Crippen molar-refractivity contribution in [2.45, 2.75) is 53.2 Å². The third-order valence-corrected chi connectivity index (χ3v) is 3.43. The highest BCUT2D eigenvalue weighted by Crippen LogP contribution is 2.35. The summed E-state index contributed by atoms with van der Waals surface area (Å²) < 4.78 is 11.6. The summed E-state index contributed by atoms with van der Waals surface area (Å²) in [5.74, 6) is 0.806. The van der Waals surface area contributed by atoms with Gasteiger partial charge in [-0.25, -0.2) is 0 Å². The molecule has 2 atom stereocenters. The van der Waals surface area contributed by atoms with Crippen LogP contribution in [0.5, 0.6) is 5.75 Å². The van der Waals surface area contributed by atoms with Crippen LogP contribution in [-0.2, 0) is 4.74 Å². The zero-order chi connectivity index (χ0) is 15.9. The summed E-state index contributed by atoms with van der Waals surface area (Å²) in [6, 6.07) is 3.86. The molecule has 0 amide bonds. The van der Waals surface area contributed by atoms with E-state index in [1.54, 1.807) is 7.11 Å². The van der Waals surface area contributed by atoms with E-state index in [0.29, 0.717) is 6.61 Å².